The lowest BCUT2D eigenvalue weighted by Gasteiger charge is -2.21. The summed E-state index contributed by atoms with van der Waals surface area (Å²) >= 11 is 0. The third-order valence-electron chi connectivity index (χ3n) is 16.1. The fourth-order valence-electron chi connectivity index (χ4n) is 10.2. The van der Waals surface area contributed by atoms with E-state index in [1.54, 1.807) is 0 Å². The monoisotopic (exact) mass is 1280 g/mol. The molecule has 3 unspecified atom stereocenters. The topological polar surface area (TPSA) is 237 Å². The molecule has 0 rings (SSSR count). The minimum atomic E-state index is -4.95. The van der Waals surface area contributed by atoms with Gasteiger partial charge in [-0.1, -0.05) is 292 Å². The lowest BCUT2D eigenvalue weighted by atomic mass is 9.99. The number of carbonyl (C=O) groups is 4. The molecule has 0 bridgehead atoms. The summed E-state index contributed by atoms with van der Waals surface area (Å²) in [6.45, 7) is 9.52. The molecule has 0 spiro atoms. The Hall–Kier alpha value is -1.94. The molecule has 0 saturated heterocycles. The van der Waals surface area contributed by atoms with Gasteiger partial charge in [0.2, 0.25) is 0 Å². The highest BCUT2D eigenvalue weighted by Crippen LogP contribution is 2.45. The Bertz CT molecular complexity index is 1700. The number of unbranched alkanes of at least 4 members (excludes halogenated alkanes) is 36. The van der Waals surface area contributed by atoms with E-state index in [0.29, 0.717) is 25.7 Å². The zero-order valence-corrected chi connectivity index (χ0v) is 58.1. The van der Waals surface area contributed by atoms with E-state index in [4.69, 9.17) is 37.0 Å². The first kappa shape index (κ1) is 85.1. The molecule has 516 valence electrons. The third-order valence-corrected chi connectivity index (χ3v) is 18.0. The normalized spacial score (nSPS) is 14.5. The first-order chi connectivity index (χ1) is 41.9. The fourth-order valence-corrected chi connectivity index (χ4v) is 11.8. The number of rotatable bonds is 67. The molecule has 0 aromatic rings. The van der Waals surface area contributed by atoms with Crippen molar-refractivity contribution in [1.82, 2.24) is 0 Å². The van der Waals surface area contributed by atoms with Gasteiger partial charge >= 0.3 is 39.5 Å². The maximum atomic E-state index is 13.0. The van der Waals surface area contributed by atoms with Gasteiger partial charge in [0.05, 0.1) is 26.4 Å². The summed E-state index contributed by atoms with van der Waals surface area (Å²) in [6, 6.07) is 0. The molecule has 0 aliphatic rings. The van der Waals surface area contributed by atoms with Gasteiger partial charge < -0.3 is 33.8 Å². The second-order valence-electron chi connectivity index (χ2n) is 25.3. The van der Waals surface area contributed by atoms with Crippen LogP contribution in [-0.2, 0) is 65.4 Å². The average molecular weight is 1280 g/mol. The van der Waals surface area contributed by atoms with Crippen LogP contribution in [0.5, 0.6) is 0 Å². The summed E-state index contributed by atoms with van der Waals surface area (Å²) in [5, 5.41) is 10.5. The van der Waals surface area contributed by atoms with Crippen LogP contribution in [0.4, 0.5) is 0 Å². The zero-order valence-electron chi connectivity index (χ0n) is 56.3. The molecule has 6 atom stereocenters. The van der Waals surface area contributed by atoms with Crippen LogP contribution < -0.4 is 0 Å². The first-order valence-electron chi connectivity index (χ1n) is 35.5. The van der Waals surface area contributed by atoms with Crippen molar-refractivity contribution in [3.63, 3.8) is 0 Å². The van der Waals surface area contributed by atoms with Gasteiger partial charge in [-0.2, -0.15) is 0 Å². The van der Waals surface area contributed by atoms with E-state index in [1.165, 1.54) is 148 Å². The van der Waals surface area contributed by atoms with Crippen molar-refractivity contribution in [2.75, 3.05) is 39.6 Å². The van der Waals surface area contributed by atoms with Crippen LogP contribution in [0.25, 0.3) is 0 Å². The standard InChI is InChI=1S/C68H132O17P2/c1-7-10-12-14-16-32-38-44-50-65(70)78-56-63(84-67(72)52-46-40-33-17-15-13-11-8-2)58-82-86(74,75)80-54-62(69)55-81-87(76,77)83-59-64(57-79-66(71)51-45-39-34-28-25-24-26-30-36-42-48-60(4)5)85-68(73)53-47-41-35-29-23-21-19-18-20-22-27-31-37-43-49-61(6)9-3/h60-64,69H,7-59H2,1-6H3,(H,74,75)(H,76,77)/t61?,62-,63+,64+/m0/s1. The molecule has 19 heteroatoms. The van der Waals surface area contributed by atoms with Crippen molar-refractivity contribution >= 4 is 39.5 Å². The largest absolute Gasteiger partial charge is 0.472 e. The SMILES string of the molecule is CCCCCCCCCCC(=O)OC[C@H](COP(=O)(O)OC[C@H](O)COP(=O)(O)OC[C@@H](COC(=O)CCCCCCCCCCCCC(C)C)OC(=O)CCCCCCCCCCCCCCCCC(C)CC)OC(=O)CCCCCCCCCC. The first-order valence-corrected chi connectivity index (χ1v) is 38.5. The van der Waals surface area contributed by atoms with Crippen molar-refractivity contribution in [3.05, 3.63) is 0 Å². The fraction of sp³-hybridized carbons (Fsp3) is 0.941. The average Bonchev–Trinajstić information content (AvgIpc) is 3.71. The van der Waals surface area contributed by atoms with E-state index in [2.05, 4.69) is 41.5 Å². The van der Waals surface area contributed by atoms with Gasteiger partial charge in [0.1, 0.15) is 19.3 Å². The predicted molar refractivity (Wildman–Crippen MR) is 349 cm³/mol. The lowest BCUT2D eigenvalue weighted by Crippen LogP contribution is -2.30. The van der Waals surface area contributed by atoms with E-state index in [-0.39, 0.29) is 25.7 Å². The van der Waals surface area contributed by atoms with Crippen LogP contribution in [0.1, 0.15) is 343 Å². The number of hydrogen-bond donors (Lipinski definition) is 3. The summed E-state index contributed by atoms with van der Waals surface area (Å²) < 4.78 is 68.0. The van der Waals surface area contributed by atoms with Crippen LogP contribution in [-0.4, -0.2) is 96.7 Å². The number of carbonyl (C=O) groups excluding carboxylic acids is 4. The van der Waals surface area contributed by atoms with E-state index in [9.17, 15) is 43.2 Å². The van der Waals surface area contributed by atoms with Gasteiger partial charge in [-0.3, -0.25) is 37.3 Å². The third kappa shape index (κ3) is 61.3. The number of phosphoric ester groups is 2. The Kier molecular flexibility index (Phi) is 59.0. The number of phosphoric acid groups is 2. The van der Waals surface area contributed by atoms with Gasteiger partial charge in [0.25, 0.3) is 0 Å². The molecule has 0 fully saturated rings. The van der Waals surface area contributed by atoms with Crippen LogP contribution in [0.15, 0.2) is 0 Å². The molecule has 17 nitrogen and oxygen atoms in total. The molecule has 0 radical (unpaired) electrons. The molecule has 0 aromatic heterocycles. The van der Waals surface area contributed by atoms with Crippen molar-refractivity contribution < 1.29 is 80.2 Å². The van der Waals surface area contributed by atoms with Crippen LogP contribution in [0.3, 0.4) is 0 Å². The molecule has 0 aromatic carbocycles. The maximum absolute atomic E-state index is 13.0. The van der Waals surface area contributed by atoms with Crippen LogP contribution in [0, 0.1) is 11.8 Å². The summed E-state index contributed by atoms with van der Waals surface area (Å²) in [6.07, 6.45) is 44.5. The predicted octanol–water partition coefficient (Wildman–Crippen LogP) is 19.2. The minimum absolute atomic E-state index is 0.105. The van der Waals surface area contributed by atoms with Crippen molar-refractivity contribution in [2.45, 2.75) is 362 Å². The quantitative estimate of drug-likeness (QED) is 0.0222. The number of esters is 4. The Labute approximate surface area is 530 Å². The van der Waals surface area contributed by atoms with Gasteiger partial charge in [-0.05, 0) is 37.5 Å². The van der Waals surface area contributed by atoms with Crippen molar-refractivity contribution in [2.24, 2.45) is 11.8 Å². The summed E-state index contributed by atoms with van der Waals surface area (Å²) in [5.74, 6) is -0.528. The molecule has 3 N–H and O–H groups in total. The van der Waals surface area contributed by atoms with Crippen LogP contribution in [0.2, 0.25) is 0 Å². The van der Waals surface area contributed by atoms with E-state index >= 15 is 0 Å². The molecule has 87 heavy (non-hydrogen) atoms. The van der Waals surface area contributed by atoms with E-state index in [1.807, 2.05) is 0 Å². The Morgan fingerprint density at radius 2 is 0.586 bits per heavy atom. The summed E-state index contributed by atoms with van der Waals surface area (Å²) in [7, 11) is -9.89. The molecule has 0 aliphatic heterocycles. The smallest absolute Gasteiger partial charge is 0.462 e. The number of aliphatic hydroxyl groups is 1. The summed E-state index contributed by atoms with van der Waals surface area (Å²) in [5.41, 5.74) is 0. The van der Waals surface area contributed by atoms with Crippen LogP contribution >= 0.6 is 15.6 Å². The number of hydrogen-bond acceptors (Lipinski definition) is 15. The van der Waals surface area contributed by atoms with Gasteiger partial charge in [0, 0.05) is 25.7 Å². The maximum Gasteiger partial charge on any atom is 0.472 e. The zero-order chi connectivity index (χ0) is 64.3. The minimum Gasteiger partial charge on any atom is -0.462 e. The Morgan fingerprint density at radius 3 is 0.874 bits per heavy atom. The van der Waals surface area contributed by atoms with E-state index < -0.39 is 97.5 Å². The summed E-state index contributed by atoms with van der Waals surface area (Å²) in [4.78, 5) is 72.3. The van der Waals surface area contributed by atoms with E-state index in [0.717, 1.165) is 115 Å². The van der Waals surface area contributed by atoms with Crippen molar-refractivity contribution in [1.29, 1.82) is 0 Å². The number of aliphatic hydroxyl groups excluding tert-OH is 1. The second-order valence-corrected chi connectivity index (χ2v) is 28.2. The lowest BCUT2D eigenvalue weighted by molar-refractivity contribution is -0.161. The van der Waals surface area contributed by atoms with Gasteiger partial charge in [-0.15, -0.1) is 0 Å². The van der Waals surface area contributed by atoms with Crippen molar-refractivity contribution in [3.8, 4) is 0 Å². The molecule has 0 aliphatic carbocycles. The Balaban J connectivity index is 5.18. The second kappa shape index (κ2) is 60.3. The molecule has 0 heterocycles. The molecular weight excluding hydrogens is 1150 g/mol. The highest BCUT2D eigenvalue weighted by atomic mass is 31.2. The molecule has 0 saturated carbocycles. The van der Waals surface area contributed by atoms with Gasteiger partial charge in [0.15, 0.2) is 12.2 Å². The molecule has 0 amide bonds. The Morgan fingerprint density at radius 1 is 0.333 bits per heavy atom. The van der Waals surface area contributed by atoms with Gasteiger partial charge in [-0.25, -0.2) is 9.13 Å². The molecular formula is C68H132O17P2. The number of ether oxygens (including phenoxy) is 4. The highest BCUT2D eigenvalue weighted by molar-refractivity contribution is 7.47. The highest BCUT2D eigenvalue weighted by Gasteiger charge is 2.30.